The van der Waals surface area contributed by atoms with E-state index in [2.05, 4.69) is 69.2 Å². The number of oxime groups is 1. The van der Waals surface area contributed by atoms with E-state index in [4.69, 9.17) is 4.84 Å². The van der Waals surface area contributed by atoms with Gasteiger partial charge in [0.25, 0.3) is 5.91 Å². The molecular weight excluding hydrogens is 360 g/mol. The number of piperidine rings is 1. The Morgan fingerprint density at radius 2 is 1.62 bits per heavy atom. The summed E-state index contributed by atoms with van der Waals surface area (Å²) in [6, 6.07) is 16.5. The van der Waals surface area contributed by atoms with Crippen LogP contribution in [0.5, 0.6) is 0 Å². The molecule has 1 fully saturated rings. The minimum absolute atomic E-state index is 0.0913. The molecule has 2 heterocycles. The molecule has 2 aromatic carbocycles. The normalized spacial score (nSPS) is 18.5. The van der Waals surface area contributed by atoms with E-state index in [9.17, 15) is 4.79 Å². The number of amides is 1. The van der Waals surface area contributed by atoms with Crippen LogP contribution in [-0.4, -0.2) is 35.2 Å². The number of nitrogens with zero attached hydrogens (tertiary/aromatic N) is 2. The van der Waals surface area contributed by atoms with E-state index in [1.54, 1.807) is 0 Å². The minimum atomic E-state index is -0.257. The molecule has 4 heteroatoms. The molecule has 2 aliphatic rings. The molecule has 2 aliphatic heterocycles. The number of carbonyl (C=O) groups is 1. The van der Waals surface area contributed by atoms with Crippen LogP contribution in [0.4, 0.5) is 0 Å². The fourth-order valence-electron chi connectivity index (χ4n) is 4.10. The Labute approximate surface area is 173 Å². The summed E-state index contributed by atoms with van der Waals surface area (Å²) in [5.41, 5.74) is 5.23. The molecule has 1 saturated heterocycles. The third-order valence-electron chi connectivity index (χ3n) is 6.18. The highest BCUT2D eigenvalue weighted by atomic mass is 16.7. The largest absolute Gasteiger partial charge is 0.388 e. The Morgan fingerprint density at radius 3 is 2.21 bits per heavy atom. The first-order valence-corrected chi connectivity index (χ1v) is 10.5. The van der Waals surface area contributed by atoms with Gasteiger partial charge in [-0.15, -0.1) is 0 Å². The Hall–Kier alpha value is -2.62. The van der Waals surface area contributed by atoms with Crippen molar-refractivity contribution in [1.29, 1.82) is 0 Å². The Balaban J connectivity index is 1.37. The van der Waals surface area contributed by atoms with Crippen LogP contribution in [0.2, 0.25) is 0 Å². The number of rotatable bonds is 2. The predicted molar refractivity (Wildman–Crippen MR) is 116 cm³/mol. The maximum absolute atomic E-state index is 12.9. The molecule has 4 rings (SSSR count). The number of hydrogen-bond acceptors (Lipinski definition) is 3. The molecule has 0 aromatic heterocycles. The van der Waals surface area contributed by atoms with Crippen LogP contribution in [0, 0.1) is 6.92 Å². The van der Waals surface area contributed by atoms with Crippen molar-refractivity contribution in [2.24, 2.45) is 5.16 Å². The summed E-state index contributed by atoms with van der Waals surface area (Å²) in [5.74, 6) is 0.109. The maximum atomic E-state index is 12.9. The molecule has 0 unspecified atom stereocenters. The monoisotopic (exact) mass is 390 g/mol. The van der Waals surface area contributed by atoms with E-state index in [1.165, 1.54) is 11.1 Å². The standard InChI is InChI=1S/C25H30N2O2/c1-18-5-7-19(8-6-18)22-17-25(29-26-22)13-15-27(16-14-25)23(28)20-9-11-21(12-10-20)24(2,3)4/h5-12H,13-17H2,1-4H3. The van der Waals surface area contributed by atoms with Crippen molar-refractivity contribution in [2.75, 3.05) is 13.1 Å². The average molecular weight is 391 g/mol. The first-order valence-electron chi connectivity index (χ1n) is 10.5. The van der Waals surface area contributed by atoms with Crippen molar-refractivity contribution in [1.82, 2.24) is 4.90 Å². The van der Waals surface area contributed by atoms with Crippen molar-refractivity contribution < 1.29 is 9.63 Å². The summed E-state index contributed by atoms with van der Waals surface area (Å²) >= 11 is 0. The summed E-state index contributed by atoms with van der Waals surface area (Å²) in [4.78, 5) is 20.8. The van der Waals surface area contributed by atoms with Crippen LogP contribution in [0.3, 0.4) is 0 Å². The second kappa shape index (κ2) is 7.33. The lowest BCUT2D eigenvalue weighted by molar-refractivity contribution is -0.0568. The van der Waals surface area contributed by atoms with Crippen LogP contribution >= 0.6 is 0 Å². The van der Waals surface area contributed by atoms with E-state index in [0.717, 1.165) is 36.1 Å². The summed E-state index contributed by atoms with van der Waals surface area (Å²) in [6.45, 7) is 10.0. The topological polar surface area (TPSA) is 41.9 Å². The summed E-state index contributed by atoms with van der Waals surface area (Å²) in [5, 5.41) is 4.39. The van der Waals surface area contributed by atoms with Crippen LogP contribution in [0.15, 0.2) is 53.7 Å². The Bertz CT molecular complexity index is 913. The van der Waals surface area contributed by atoms with Crippen LogP contribution in [0.1, 0.15) is 67.1 Å². The second-order valence-electron chi connectivity index (χ2n) is 9.47. The smallest absolute Gasteiger partial charge is 0.253 e. The van der Waals surface area contributed by atoms with E-state index >= 15 is 0 Å². The van der Waals surface area contributed by atoms with E-state index in [1.807, 2.05) is 17.0 Å². The van der Waals surface area contributed by atoms with Crippen molar-refractivity contribution >= 4 is 11.6 Å². The first-order chi connectivity index (χ1) is 13.8. The molecule has 2 aromatic rings. The van der Waals surface area contributed by atoms with Crippen molar-refractivity contribution in [2.45, 2.75) is 58.0 Å². The van der Waals surface area contributed by atoms with Gasteiger partial charge in [0.15, 0.2) is 0 Å². The van der Waals surface area contributed by atoms with Gasteiger partial charge >= 0.3 is 0 Å². The lowest BCUT2D eigenvalue weighted by Crippen LogP contribution is -2.46. The van der Waals surface area contributed by atoms with Gasteiger partial charge in [0.2, 0.25) is 0 Å². The summed E-state index contributed by atoms with van der Waals surface area (Å²) < 4.78 is 0. The molecule has 0 atom stereocenters. The lowest BCUT2D eigenvalue weighted by Gasteiger charge is -2.37. The van der Waals surface area contributed by atoms with Gasteiger partial charge in [-0.1, -0.05) is 67.9 Å². The van der Waals surface area contributed by atoms with Gasteiger partial charge in [0, 0.05) is 37.9 Å². The van der Waals surface area contributed by atoms with Crippen molar-refractivity contribution in [3.63, 3.8) is 0 Å². The number of benzene rings is 2. The number of carbonyl (C=O) groups excluding carboxylic acids is 1. The molecule has 4 nitrogen and oxygen atoms in total. The van der Waals surface area contributed by atoms with Crippen LogP contribution in [0.25, 0.3) is 0 Å². The molecule has 1 amide bonds. The third kappa shape index (κ3) is 4.07. The molecule has 0 aliphatic carbocycles. The first kappa shape index (κ1) is 19.7. The Morgan fingerprint density at radius 1 is 1.00 bits per heavy atom. The zero-order valence-electron chi connectivity index (χ0n) is 17.9. The number of aryl methyl sites for hydroxylation is 1. The minimum Gasteiger partial charge on any atom is -0.388 e. The molecule has 29 heavy (non-hydrogen) atoms. The van der Waals surface area contributed by atoms with Gasteiger partial charge in [-0.25, -0.2) is 0 Å². The zero-order valence-corrected chi connectivity index (χ0v) is 17.9. The molecule has 0 radical (unpaired) electrons. The van der Waals surface area contributed by atoms with Gasteiger partial charge in [-0.05, 0) is 35.6 Å². The number of likely N-dealkylation sites (tertiary alicyclic amines) is 1. The molecule has 0 bridgehead atoms. The van der Waals surface area contributed by atoms with E-state index in [0.29, 0.717) is 13.1 Å². The summed E-state index contributed by atoms with van der Waals surface area (Å²) in [6.07, 6.45) is 2.45. The SMILES string of the molecule is Cc1ccc(C2=NOC3(CCN(C(=O)c4ccc(C(C)(C)C)cc4)CC3)C2)cc1. The fourth-order valence-corrected chi connectivity index (χ4v) is 4.10. The fraction of sp³-hybridized carbons (Fsp3) is 0.440. The second-order valence-corrected chi connectivity index (χ2v) is 9.47. The highest BCUT2D eigenvalue weighted by Gasteiger charge is 2.43. The van der Waals surface area contributed by atoms with E-state index in [-0.39, 0.29) is 16.9 Å². The average Bonchev–Trinajstić information content (AvgIpc) is 3.11. The summed E-state index contributed by atoms with van der Waals surface area (Å²) in [7, 11) is 0. The third-order valence-corrected chi connectivity index (χ3v) is 6.18. The Kier molecular flexibility index (Phi) is 4.97. The molecule has 0 N–H and O–H groups in total. The van der Waals surface area contributed by atoms with E-state index < -0.39 is 0 Å². The highest BCUT2D eigenvalue weighted by Crippen LogP contribution is 2.36. The zero-order chi connectivity index (χ0) is 20.6. The van der Waals surface area contributed by atoms with Gasteiger partial charge in [-0.3, -0.25) is 4.79 Å². The lowest BCUT2D eigenvalue weighted by atomic mass is 9.85. The highest BCUT2D eigenvalue weighted by molar-refractivity contribution is 6.01. The van der Waals surface area contributed by atoms with Gasteiger partial charge in [0.1, 0.15) is 5.60 Å². The molecular formula is C25H30N2O2. The van der Waals surface area contributed by atoms with Crippen molar-refractivity contribution in [3.8, 4) is 0 Å². The van der Waals surface area contributed by atoms with Gasteiger partial charge < -0.3 is 9.74 Å². The van der Waals surface area contributed by atoms with Gasteiger partial charge in [-0.2, -0.15) is 0 Å². The molecule has 1 spiro atoms. The quantitative estimate of drug-likeness (QED) is 0.716. The van der Waals surface area contributed by atoms with Crippen LogP contribution in [-0.2, 0) is 10.3 Å². The van der Waals surface area contributed by atoms with Gasteiger partial charge in [0.05, 0.1) is 5.71 Å². The number of hydrogen-bond donors (Lipinski definition) is 0. The van der Waals surface area contributed by atoms with Crippen LogP contribution < -0.4 is 0 Å². The molecule has 0 saturated carbocycles. The predicted octanol–water partition coefficient (Wildman–Crippen LogP) is 5.09. The molecule has 152 valence electrons. The maximum Gasteiger partial charge on any atom is 0.253 e. The van der Waals surface area contributed by atoms with Crippen molar-refractivity contribution in [3.05, 3.63) is 70.8 Å².